The van der Waals surface area contributed by atoms with E-state index < -0.39 is 50.7 Å². The standard InChI is InChI=1S/C23H15F3N2O3S/c24-15-5-3-4-14(10-15)12-27-20-7-2-1-6-17(20)23(22(27)30)28(21(29)13-32(23)31)16-8-9-18(25)19(26)11-16/h1-11H,12-13H2. The zero-order chi connectivity index (χ0) is 22.6. The number of halogens is 3. The van der Waals surface area contributed by atoms with Crippen LogP contribution in [0.2, 0.25) is 0 Å². The Kier molecular flexibility index (Phi) is 4.67. The second-order valence-corrected chi connectivity index (χ2v) is 9.07. The van der Waals surface area contributed by atoms with Gasteiger partial charge in [0.1, 0.15) is 11.6 Å². The smallest absolute Gasteiger partial charge is 0.271 e. The van der Waals surface area contributed by atoms with Crippen LogP contribution in [0.25, 0.3) is 0 Å². The van der Waals surface area contributed by atoms with Gasteiger partial charge in [-0.25, -0.2) is 13.2 Å². The minimum absolute atomic E-state index is 0.0215. The molecule has 0 bridgehead atoms. The molecule has 1 spiro atoms. The predicted octanol–water partition coefficient (Wildman–Crippen LogP) is 3.60. The van der Waals surface area contributed by atoms with Crippen LogP contribution in [0.4, 0.5) is 24.5 Å². The maximum Gasteiger partial charge on any atom is 0.271 e. The quantitative estimate of drug-likeness (QED) is 0.605. The summed E-state index contributed by atoms with van der Waals surface area (Å²) >= 11 is 0. The highest BCUT2D eigenvalue weighted by Crippen LogP contribution is 2.51. The third-order valence-corrected chi connectivity index (χ3v) is 7.38. The molecule has 0 radical (unpaired) electrons. The highest BCUT2D eigenvalue weighted by Gasteiger charge is 2.65. The summed E-state index contributed by atoms with van der Waals surface area (Å²) in [5, 5.41) is 0. The second kappa shape index (κ2) is 7.30. The lowest BCUT2D eigenvalue weighted by atomic mass is 10.0. The molecule has 162 valence electrons. The summed E-state index contributed by atoms with van der Waals surface area (Å²) < 4.78 is 54.6. The first-order valence-corrected chi connectivity index (χ1v) is 11.0. The zero-order valence-corrected chi connectivity index (χ0v) is 17.2. The van der Waals surface area contributed by atoms with Crippen LogP contribution in [-0.2, 0) is 31.8 Å². The minimum atomic E-state index is -2.01. The van der Waals surface area contributed by atoms with Gasteiger partial charge in [0, 0.05) is 17.3 Å². The zero-order valence-electron chi connectivity index (χ0n) is 16.4. The first kappa shape index (κ1) is 20.4. The Morgan fingerprint density at radius 1 is 0.906 bits per heavy atom. The molecule has 5 nitrogen and oxygen atoms in total. The molecule has 2 aliphatic rings. The summed E-state index contributed by atoms with van der Waals surface area (Å²) in [6.07, 6.45) is 0. The molecule has 2 heterocycles. The van der Waals surface area contributed by atoms with Crippen molar-refractivity contribution in [3.8, 4) is 0 Å². The Bertz CT molecular complexity index is 1320. The number of fused-ring (bicyclic) bond motifs is 2. The van der Waals surface area contributed by atoms with Gasteiger partial charge in [0.05, 0.1) is 23.0 Å². The molecule has 0 saturated carbocycles. The average molecular weight is 456 g/mol. The van der Waals surface area contributed by atoms with Gasteiger partial charge < -0.3 is 4.90 Å². The van der Waals surface area contributed by atoms with Crippen molar-refractivity contribution in [2.45, 2.75) is 11.4 Å². The van der Waals surface area contributed by atoms with Crippen molar-refractivity contribution >= 4 is 34.0 Å². The minimum Gasteiger partial charge on any atom is -0.304 e. The van der Waals surface area contributed by atoms with Crippen LogP contribution >= 0.6 is 0 Å². The Hall–Kier alpha value is -3.46. The van der Waals surface area contributed by atoms with E-state index in [-0.39, 0.29) is 12.2 Å². The third-order valence-electron chi connectivity index (χ3n) is 5.63. The van der Waals surface area contributed by atoms with Crippen molar-refractivity contribution in [2.24, 2.45) is 0 Å². The average Bonchev–Trinajstić information content (AvgIpc) is 3.17. The van der Waals surface area contributed by atoms with E-state index in [9.17, 15) is 27.0 Å². The van der Waals surface area contributed by atoms with Crippen molar-refractivity contribution in [2.75, 3.05) is 15.6 Å². The number of hydrogen-bond donors (Lipinski definition) is 0. The number of nitrogens with zero attached hydrogens (tertiary/aromatic N) is 2. The van der Waals surface area contributed by atoms with Crippen LogP contribution in [-0.4, -0.2) is 21.8 Å². The maximum atomic E-state index is 14.0. The van der Waals surface area contributed by atoms with E-state index in [1.54, 1.807) is 30.3 Å². The summed E-state index contributed by atoms with van der Waals surface area (Å²) in [5.41, 5.74) is 1.16. The van der Waals surface area contributed by atoms with E-state index in [4.69, 9.17) is 0 Å². The topological polar surface area (TPSA) is 57.7 Å². The molecule has 3 aromatic rings. The number of amides is 2. The Balaban J connectivity index is 1.69. The number of rotatable bonds is 3. The third kappa shape index (κ3) is 2.81. The van der Waals surface area contributed by atoms with Crippen LogP contribution in [0.3, 0.4) is 0 Å². The summed E-state index contributed by atoms with van der Waals surface area (Å²) in [6, 6.07) is 15.1. The molecule has 5 rings (SSSR count). The fourth-order valence-corrected chi connectivity index (χ4v) is 6.02. The summed E-state index contributed by atoms with van der Waals surface area (Å²) in [7, 11) is -2.01. The molecule has 0 N–H and O–H groups in total. The summed E-state index contributed by atoms with van der Waals surface area (Å²) in [6.45, 7) is -0.0215. The largest absolute Gasteiger partial charge is 0.304 e. The summed E-state index contributed by atoms with van der Waals surface area (Å²) in [5.74, 6) is -4.53. The number of benzene rings is 3. The van der Waals surface area contributed by atoms with Gasteiger partial charge in [0.15, 0.2) is 11.6 Å². The molecule has 3 aromatic carbocycles. The van der Waals surface area contributed by atoms with Crippen molar-refractivity contribution in [3.63, 3.8) is 0 Å². The molecule has 2 unspecified atom stereocenters. The lowest BCUT2D eigenvalue weighted by Crippen LogP contribution is -2.52. The number of hydrogen-bond acceptors (Lipinski definition) is 3. The lowest BCUT2D eigenvalue weighted by molar-refractivity contribution is -0.123. The highest BCUT2D eigenvalue weighted by atomic mass is 32.2. The van der Waals surface area contributed by atoms with Crippen LogP contribution in [0, 0.1) is 17.5 Å². The van der Waals surface area contributed by atoms with Gasteiger partial charge in [-0.2, -0.15) is 0 Å². The van der Waals surface area contributed by atoms with Crippen LogP contribution in [0.15, 0.2) is 66.7 Å². The molecule has 32 heavy (non-hydrogen) atoms. The van der Waals surface area contributed by atoms with Gasteiger partial charge in [-0.05, 0) is 35.9 Å². The second-order valence-electron chi connectivity index (χ2n) is 7.50. The fraction of sp³-hybridized carbons (Fsp3) is 0.130. The molecule has 2 atom stereocenters. The van der Waals surface area contributed by atoms with Gasteiger partial charge in [0.2, 0.25) is 10.8 Å². The van der Waals surface area contributed by atoms with Gasteiger partial charge in [-0.3, -0.25) is 18.7 Å². The first-order chi connectivity index (χ1) is 15.3. The van der Waals surface area contributed by atoms with Crippen molar-refractivity contribution in [1.82, 2.24) is 0 Å². The number of para-hydroxylation sites is 1. The molecular formula is C23H15F3N2O3S. The number of carbonyl (C=O) groups is 2. The van der Waals surface area contributed by atoms with Crippen LogP contribution in [0.1, 0.15) is 11.1 Å². The van der Waals surface area contributed by atoms with Crippen molar-refractivity contribution in [1.29, 1.82) is 0 Å². The van der Waals surface area contributed by atoms with E-state index in [2.05, 4.69) is 0 Å². The van der Waals surface area contributed by atoms with Crippen molar-refractivity contribution in [3.05, 3.63) is 95.3 Å². The molecule has 0 aliphatic carbocycles. The van der Waals surface area contributed by atoms with E-state index in [0.29, 0.717) is 16.8 Å². The molecular weight excluding hydrogens is 441 g/mol. The van der Waals surface area contributed by atoms with Crippen molar-refractivity contribution < 1.29 is 27.0 Å². The summed E-state index contributed by atoms with van der Waals surface area (Å²) in [4.78, 5) is 27.2. The monoisotopic (exact) mass is 456 g/mol. The maximum absolute atomic E-state index is 14.0. The first-order valence-electron chi connectivity index (χ1n) is 9.66. The lowest BCUT2D eigenvalue weighted by Gasteiger charge is -2.32. The van der Waals surface area contributed by atoms with E-state index in [1.165, 1.54) is 29.2 Å². The Morgan fingerprint density at radius 3 is 2.44 bits per heavy atom. The fourth-order valence-electron chi connectivity index (χ4n) is 4.32. The predicted molar refractivity (Wildman–Crippen MR) is 113 cm³/mol. The van der Waals surface area contributed by atoms with Crippen LogP contribution < -0.4 is 9.80 Å². The molecule has 2 aliphatic heterocycles. The molecule has 1 saturated heterocycles. The SMILES string of the molecule is O=C1CS(=O)C2(C(=O)N(Cc3cccc(F)c3)c3ccccc32)N1c1ccc(F)c(F)c1. The molecule has 0 aromatic heterocycles. The Morgan fingerprint density at radius 2 is 1.69 bits per heavy atom. The number of carbonyl (C=O) groups excluding carboxylic acids is 2. The van der Waals surface area contributed by atoms with Gasteiger partial charge in [0.25, 0.3) is 5.91 Å². The van der Waals surface area contributed by atoms with Gasteiger partial charge in [-0.15, -0.1) is 0 Å². The molecule has 9 heteroatoms. The van der Waals surface area contributed by atoms with E-state index in [1.807, 2.05) is 0 Å². The molecule has 1 fully saturated rings. The Labute approximate surface area is 183 Å². The highest BCUT2D eigenvalue weighted by molar-refractivity contribution is 7.88. The molecule has 2 amide bonds. The van der Waals surface area contributed by atoms with Gasteiger partial charge >= 0.3 is 0 Å². The van der Waals surface area contributed by atoms with E-state index >= 15 is 0 Å². The normalized spacial score (nSPS) is 22.2. The van der Waals surface area contributed by atoms with E-state index in [0.717, 1.165) is 17.0 Å². The van der Waals surface area contributed by atoms with Gasteiger partial charge in [-0.1, -0.05) is 30.3 Å². The van der Waals surface area contributed by atoms with Crippen LogP contribution in [0.5, 0.6) is 0 Å². The number of anilines is 2.